The highest BCUT2D eigenvalue weighted by Crippen LogP contribution is 2.44. The van der Waals surface area contributed by atoms with Crippen LogP contribution in [0.3, 0.4) is 0 Å². The summed E-state index contributed by atoms with van der Waals surface area (Å²) in [5.41, 5.74) is 0.922. The van der Waals surface area contributed by atoms with E-state index in [9.17, 15) is 17.2 Å². The fraction of sp³-hybridized carbons (Fsp3) is 0.667. The Morgan fingerprint density at radius 3 is 2.38 bits per heavy atom. The summed E-state index contributed by atoms with van der Waals surface area (Å²) in [4.78, 5) is 2.47. The molecule has 132 valence electrons. The number of benzene rings is 1. The Balaban J connectivity index is 1.34. The fourth-order valence-electron chi connectivity index (χ4n) is 4.95. The van der Waals surface area contributed by atoms with E-state index in [1.165, 1.54) is 12.1 Å². The van der Waals surface area contributed by atoms with Gasteiger partial charge in [-0.3, -0.25) is 4.90 Å². The molecule has 4 rings (SSSR count). The van der Waals surface area contributed by atoms with Crippen molar-refractivity contribution in [3.63, 3.8) is 0 Å². The van der Waals surface area contributed by atoms with Crippen molar-refractivity contribution in [1.82, 2.24) is 4.90 Å². The van der Waals surface area contributed by atoms with Crippen LogP contribution >= 0.6 is 0 Å². The SMILES string of the molecule is O=S1(=O)CC2(CCN([C@H]3CC[C@H](c4ccc(F)c(F)c4)CC3)C2)C1. The largest absolute Gasteiger partial charge is 0.300 e. The quantitative estimate of drug-likeness (QED) is 0.818. The first kappa shape index (κ1) is 16.5. The molecule has 3 nitrogen and oxygen atoms in total. The molecule has 0 radical (unpaired) electrons. The Morgan fingerprint density at radius 1 is 1.04 bits per heavy atom. The van der Waals surface area contributed by atoms with Gasteiger partial charge in [0, 0.05) is 18.0 Å². The number of sulfone groups is 1. The summed E-state index contributed by atoms with van der Waals surface area (Å²) >= 11 is 0. The first-order valence-corrected chi connectivity index (χ1v) is 10.6. The minimum absolute atomic E-state index is 0.0236. The Morgan fingerprint density at radius 2 is 1.75 bits per heavy atom. The maximum absolute atomic E-state index is 13.4. The third-order valence-corrected chi connectivity index (χ3v) is 8.25. The average Bonchev–Trinajstić information content (AvgIpc) is 2.93. The van der Waals surface area contributed by atoms with Gasteiger partial charge < -0.3 is 0 Å². The summed E-state index contributed by atoms with van der Waals surface area (Å²) < 4.78 is 49.5. The van der Waals surface area contributed by atoms with Gasteiger partial charge in [0.1, 0.15) is 0 Å². The molecule has 0 atom stereocenters. The second kappa shape index (κ2) is 5.77. The van der Waals surface area contributed by atoms with E-state index < -0.39 is 21.5 Å². The summed E-state index contributed by atoms with van der Waals surface area (Å²) in [7, 11) is -2.77. The lowest BCUT2D eigenvalue weighted by atomic mass is 9.81. The molecule has 0 aromatic heterocycles. The molecule has 2 aliphatic heterocycles. The minimum Gasteiger partial charge on any atom is -0.300 e. The molecule has 0 unspecified atom stereocenters. The molecule has 0 N–H and O–H groups in total. The second-order valence-corrected chi connectivity index (χ2v) is 10.00. The molecule has 6 heteroatoms. The van der Waals surface area contributed by atoms with E-state index in [0.29, 0.717) is 23.5 Å². The third-order valence-electron chi connectivity index (χ3n) is 6.15. The highest BCUT2D eigenvalue weighted by Gasteiger charge is 2.52. The lowest BCUT2D eigenvalue weighted by Gasteiger charge is -2.40. The van der Waals surface area contributed by atoms with Crippen molar-refractivity contribution in [2.24, 2.45) is 5.41 Å². The Bertz CT molecular complexity index is 729. The van der Waals surface area contributed by atoms with Gasteiger partial charge in [0.2, 0.25) is 0 Å². The van der Waals surface area contributed by atoms with Gasteiger partial charge in [-0.15, -0.1) is 0 Å². The van der Waals surface area contributed by atoms with E-state index in [0.717, 1.165) is 50.8 Å². The van der Waals surface area contributed by atoms with Crippen LogP contribution in [0.15, 0.2) is 18.2 Å². The topological polar surface area (TPSA) is 37.4 Å². The van der Waals surface area contributed by atoms with E-state index >= 15 is 0 Å². The Kier molecular flexibility index (Phi) is 3.95. The maximum atomic E-state index is 13.4. The summed E-state index contributed by atoms with van der Waals surface area (Å²) in [6.07, 6.45) is 5.06. The van der Waals surface area contributed by atoms with E-state index in [4.69, 9.17) is 0 Å². The van der Waals surface area contributed by atoms with Crippen LogP contribution in [0, 0.1) is 17.0 Å². The molecular formula is C18H23F2NO2S. The van der Waals surface area contributed by atoms with Gasteiger partial charge in [0.05, 0.1) is 11.5 Å². The van der Waals surface area contributed by atoms with Crippen LogP contribution in [-0.2, 0) is 9.84 Å². The molecule has 3 aliphatic rings. The molecule has 2 heterocycles. The van der Waals surface area contributed by atoms with Gasteiger partial charge in [-0.25, -0.2) is 17.2 Å². The standard InChI is InChI=1S/C18H23F2NO2S/c19-16-6-3-14(9-17(16)20)13-1-4-15(5-2-13)21-8-7-18(10-21)11-24(22,23)12-18/h3,6,9,13,15H,1-2,4-5,7-8,10-12H2/t13-,15-. The fourth-order valence-corrected chi connectivity index (χ4v) is 7.20. The van der Waals surface area contributed by atoms with E-state index in [1.54, 1.807) is 6.07 Å². The minimum atomic E-state index is -2.77. The Labute approximate surface area is 142 Å². The van der Waals surface area contributed by atoms with Gasteiger partial charge in [-0.2, -0.15) is 0 Å². The van der Waals surface area contributed by atoms with Crippen molar-refractivity contribution >= 4 is 9.84 Å². The van der Waals surface area contributed by atoms with Gasteiger partial charge >= 0.3 is 0 Å². The van der Waals surface area contributed by atoms with Crippen molar-refractivity contribution in [3.8, 4) is 0 Å². The molecule has 1 saturated carbocycles. The number of halogens is 2. The number of rotatable bonds is 2. The van der Waals surface area contributed by atoms with Crippen LogP contribution in [0.1, 0.15) is 43.6 Å². The summed E-state index contributed by atoms with van der Waals surface area (Å²) in [5, 5.41) is 0. The first-order valence-electron chi connectivity index (χ1n) is 8.75. The zero-order valence-electron chi connectivity index (χ0n) is 13.7. The number of hydrogen-bond donors (Lipinski definition) is 0. The van der Waals surface area contributed by atoms with E-state index in [2.05, 4.69) is 4.90 Å². The van der Waals surface area contributed by atoms with Crippen molar-refractivity contribution in [2.45, 2.75) is 44.1 Å². The highest BCUT2D eigenvalue weighted by atomic mass is 32.2. The average molecular weight is 355 g/mol. The van der Waals surface area contributed by atoms with Crippen molar-refractivity contribution in [2.75, 3.05) is 24.6 Å². The molecule has 2 saturated heterocycles. The monoisotopic (exact) mass is 355 g/mol. The van der Waals surface area contributed by atoms with Crippen LogP contribution in [0.4, 0.5) is 8.78 Å². The molecule has 0 bridgehead atoms. The summed E-state index contributed by atoms with van der Waals surface area (Å²) in [5.74, 6) is -0.522. The van der Waals surface area contributed by atoms with Gasteiger partial charge in [0.15, 0.2) is 21.5 Å². The van der Waals surface area contributed by atoms with Crippen LogP contribution in [-0.4, -0.2) is 44.0 Å². The van der Waals surface area contributed by atoms with Crippen LogP contribution < -0.4 is 0 Å². The van der Waals surface area contributed by atoms with Crippen molar-refractivity contribution in [1.29, 1.82) is 0 Å². The molecule has 1 aliphatic carbocycles. The Hall–Kier alpha value is -1.01. The van der Waals surface area contributed by atoms with E-state index in [-0.39, 0.29) is 5.41 Å². The normalized spacial score (nSPS) is 31.9. The van der Waals surface area contributed by atoms with Gasteiger partial charge in [-0.1, -0.05) is 6.07 Å². The molecular weight excluding hydrogens is 332 g/mol. The van der Waals surface area contributed by atoms with Crippen molar-refractivity contribution in [3.05, 3.63) is 35.4 Å². The van der Waals surface area contributed by atoms with Gasteiger partial charge in [-0.05, 0) is 62.3 Å². The second-order valence-electron chi connectivity index (χ2n) is 7.93. The number of likely N-dealkylation sites (tertiary alicyclic amines) is 1. The molecule has 24 heavy (non-hydrogen) atoms. The van der Waals surface area contributed by atoms with Gasteiger partial charge in [0.25, 0.3) is 0 Å². The zero-order chi connectivity index (χ0) is 16.9. The predicted octanol–water partition coefficient (Wildman–Crippen LogP) is 3.11. The third kappa shape index (κ3) is 2.99. The smallest absolute Gasteiger partial charge is 0.159 e. The molecule has 0 amide bonds. The van der Waals surface area contributed by atoms with E-state index in [1.807, 2.05) is 0 Å². The number of nitrogens with zero attached hydrogens (tertiary/aromatic N) is 1. The maximum Gasteiger partial charge on any atom is 0.159 e. The summed E-state index contributed by atoms with van der Waals surface area (Å²) in [6, 6.07) is 4.77. The number of hydrogen-bond acceptors (Lipinski definition) is 3. The summed E-state index contributed by atoms with van der Waals surface area (Å²) in [6.45, 7) is 1.91. The first-order chi connectivity index (χ1) is 11.4. The lowest BCUT2D eigenvalue weighted by Crippen LogP contribution is -2.51. The molecule has 1 spiro atoms. The molecule has 1 aromatic carbocycles. The van der Waals surface area contributed by atoms with Crippen LogP contribution in [0.5, 0.6) is 0 Å². The molecule has 1 aromatic rings. The molecule has 3 fully saturated rings. The van der Waals surface area contributed by atoms with Crippen LogP contribution in [0.25, 0.3) is 0 Å². The highest BCUT2D eigenvalue weighted by molar-refractivity contribution is 7.92. The van der Waals surface area contributed by atoms with Crippen LogP contribution in [0.2, 0.25) is 0 Å². The zero-order valence-corrected chi connectivity index (χ0v) is 14.5. The van der Waals surface area contributed by atoms with Crippen molar-refractivity contribution < 1.29 is 17.2 Å². The lowest BCUT2D eigenvalue weighted by molar-refractivity contribution is 0.164. The predicted molar refractivity (Wildman–Crippen MR) is 88.6 cm³/mol.